The van der Waals surface area contributed by atoms with Crippen molar-refractivity contribution in [1.82, 2.24) is 0 Å². The van der Waals surface area contributed by atoms with Crippen molar-refractivity contribution in [1.29, 1.82) is 5.26 Å². The van der Waals surface area contributed by atoms with E-state index in [2.05, 4.69) is 6.07 Å². The topological polar surface area (TPSA) is 75.8 Å². The fourth-order valence-corrected chi connectivity index (χ4v) is 1.75. The lowest BCUT2D eigenvalue weighted by atomic mass is 9.98. The van der Waals surface area contributed by atoms with Gasteiger partial charge < -0.3 is 11.5 Å². The first kappa shape index (κ1) is 12.1. The summed E-state index contributed by atoms with van der Waals surface area (Å²) in [5.74, 6) is -0.461. The Morgan fingerprint density at radius 1 is 1.11 bits per heavy atom. The van der Waals surface area contributed by atoms with E-state index in [1.54, 1.807) is 24.3 Å². The molecule has 0 aliphatic carbocycles. The first-order valence-electron chi connectivity index (χ1n) is 5.42. The van der Waals surface area contributed by atoms with Crippen LogP contribution in [0.2, 0.25) is 0 Å². The van der Waals surface area contributed by atoms with Crippen molar-refractivity contribution in [2.75, 3.05) is 5.73 Å². The van der Waals surface area contributed by atoms with Crippen LogP contribution in [0, 0.1) is 17.1 Å². The Kier molecular flexibility index (Phi) is 3.26. The molecule has 4 heteroatoms. The van der Waals surface area contributed by atoms with E-state index in [0.717, 1.165) is 5.56 Å². The van der Waals surface area contributed by atoms with Gasteiger partial charge in [0.2, 0.25) is 0 Å². The molecule has 18 heavy (non-hydrogen) atoms. The Hall–Kier alpha value is -2.38. The highest BCUT2D eigenvalue weighted by atomic mass is 19.1. The quantitative estimate of drug-likeness (QED) is 0.792. The highest BCUT2D eigenvalue weighted by Crippen LogP contribution is 2.23. The van der Waals surface area contributed by atoms with E-state index in [9.17, 15) is 4.39 Å². The average Bonchev–Trinajstić information content (AvgIpc) is 2.41. The van der Waals surface area contributed by atoms with E-state index in [0.29, 0.717) is 11.1 Å². The maximum Gasteiger partial charge on any atom is 0.146 e. The van der Waals surface area contributed by atoms with Gasteiger partial charge in [-0.05, 0) is 35.4 Å². The predicted molar refractivity (Wildman–Crippen MR) is 68.0 cm³/mol. The molecule has 2 aromatic rings. The van der Waals surface area contributed by atoms with Crippen LogP contribution in [0.4, 0.5) is 10.1 Å². The fourth-order valence-electron chi connectivity index (χ4n) is 1.75. The molecule has 90 valence electrons. The van der Waals surface area contributed by atoms with Crippen LogP contribution in [-0.4, -0.2) is 0 Å². The Bertz CT molecular complexity index is 617. The van der Waals surface area contributed by atoms with Crippen molar-refractivity contribution in [3.05, 3.63) is 65.0 Å². The molecule has 0 unspecified atom stereocenters. The summed E-state index contributed by atoms with van der Waals surface area (Å²) >= 11 is 0. The van der Waals surface area contributed by atoms with Crippen molar-refractivity contribution in [3.63, 3.8) is 0 Å². The molecular weight excluding hydrogens is 229 g/mol. The van der Waals surface area contributed by atoms with Crippen LogP contribution in [0.25, 0.3) is 0 Å². The average molecular weight is 241 g/mol. The van der Waals surface area contributed by atoms with Crippen molar-refractivity contribution in [3.8, 4) is 6.07 Å². The molecular formula is C14H12FN3. The third kappa shape index (κ3) is 2.31. The normalized spacial score (nSPS) is 11.8. The number of nitrogen functional groups attached to an aromatic ring is 1. The van der Waals surface area contributed by atoms with Crippen LogP contribution in [0.3, 0.4) is 0 Å². The van der Waals surface area contributed by atoms with E-state index in [-0.39, 0.29) is 5.69 Å². The molecule has 2 aromatic carbocycles. The molecule has 0 aromatic heterocycles. The monoisotopic (exact) mass is 241 g/mol. The lowest BCUT2D eigenvalue weighted by molar-refractivity contribution is 0.631. The summed E-state index contributed by atoms with van der Waals surface area (Å²) in [6.45, 7) is 0. The van der Waals surface area contributed by atoms with Crippen LogP contribution in [0.1, 0.15) is 22.7 Å². The number of anilines is 1. The maximum atomic E-state index is 13.1. The molecule has 1 atom stereocenters. The van der Waals surface area contributed by atoms with Crippen molar-refractivity contribution < 1.29 is 4.39 Å². The van der Waals surface area contributed by atoms with Crippen molar-refractivity contribution in [2.24, 2.45) is 5.73 Å². The Morgan fingerprint density at radius 3 is 2.50 bits per heavy atom. The summed E-state index contributed by atoms with van der Waals surface area (Å²) in [6.07, 6.45) is 0. The van der Waals surface area contributed by atoms with Gasteiger partial charge in [0, 0.05) is 0 Å². The second-order valence-corrected chi connectivity index (χ2v) is 4.00. The zero-order chi connectivity index (χ0) is 13.1. The van der Waals surface area contributed by atoms with Gasteiger partial charge in [-0.2, -0.15) is 5.26 Å². The molecule has 0 radical (unpaired) electrons. The molecule has 4 N–H and O–H groups in total. The number of rotatable bonds is 2. The fraction of sp³-hybridized carbons (Fsp3) is 0.0714. The zero-order valence-electron chi connectivity index (χ0n) is 9.60. The summed E-state index contributed by atoms with van der Waals surface area (Å²) in [5, 5.41) is 8.83. The van der Waals surface area contributed by atoms with Gasteiger partial charge >= 0.3 is 0 Å². The van der Waals surface area contributed by atoms with Gasteiger partial charge in [-0.15, -0.1) is 0 Å². The minimum absolute atomic E-state index is 0.0689. The summed E-state index contributed by atoms with van der Waals surface area (Å²) in [4.78, 5) is 0. The van der Waals surface area contributed by atoms with Crippen LogP contribution < -0.4 is 11.5 Å². The highest BCUT2D eigenvalue weighted by Gasteiger charge is 2.11. The molecule has 2 rings (SSSR count). The molecule has 0 saturated carbocycles. The van der Waals surface area contributed by atoms with E-state index >= 15 is 0 Å². The molecule has 0 aliphatic heterocycles. The van der Waals surface area contributed by atoms with E-state index in [4.69, 9.17) is 16.7 Å². The minimum Gasteiger partial charge on any atom is -0.396 e. The first-order chi connectivity index (χ1) is 8.61. The molecule has 0 fully saturated rings. The predicted octanol–water partition coefficient (Wildman–Crippen LogP) is 2.33. The summed E-state index contributed by atoms with van der Waals surface area (Å²) in [5.41, 5.74) is 13.7. The van der Waals surface area contributed by atoms with Gasteiger partial charge in [0.05, 0.1) is 23.4 Å². The summed E-state index contributed by atoms with van der Waals surface area (Å²) < 4.78 is 13.1. The van der Waals surface area contributed by atoms with Crippen molar-refractivity contribution in [2.45, 2.75) is 6.04 Å². The van der Waals surface area contributed by atoms with Crippen LogP contribution in [0.5, 0.6) is 0 Å². The number of halogens is 1. The lowest BCUT2D eigenvalue weighted by Gasteiger charge is -2.13. The van der Waals surface area contributed by atoms with Gasteiger partial charge in [-0.1, -0.05) is 18.2 Å². The standard InChI is InChI=1S/C14H12FN3/c15-12-5-4-11(7-13(12)17)14(18)10-3-1-2-9(6-10)8-16/h1-7,14H,17-18H2/t14-/m0/s1. The number of hydrogen-bond donors (Lipinski definition) is 2. The Balaban J connectivity index is 2.38. The Labute approximate surface area is 104 Å². The molecule has 0 saturated heterocycles. The van der Waals surface area contributed by atoms with Gasteiger partial charge in [0.25, 0.3) is 0 Å². The number of nitrogens with zero attached hydrogens (tertiary/aromatic N) is 1. The molecule has 0 aliphatic rings. The van der Waals surface area contributed by atoms with Gasteiger partial charge in [0.15, 0.2) is 0 Å². The molecule has 0 amide bonds. The SMILES string of the molecule is N#Cc1cccc([C@H](N)c2ccc(F)c(N)c2)c1. The van der Waals surface area contributed by atoms with Crippen molar-refractivity contribution >= 4 is 5.69 Å². The third-order valence-electron chi connectivity index (χ3n) is 2.75. The van der Waals surface area contributed by atoms with E-state index < -0.39 is 11.9 Å². The Morgan fingerprint density at radius 2 is 1.83 bits per heavy atom. The molecule has 0 spiro atoms. The van der Waals surface area contributed by atoms with Gasteiger partial charge in [0.1, 0.15) is 5.82 Å². The van der Waals surface area contributed by atoms with Crippen LogP contribution >= 0.6 is 0 Å². The third-order valence-corrected chi connectivity index (χ3v) is 2.75. The minimum atomic E-state index is -0.461. The number of nitriles is 1. The second kappa shape index (κ2) is 4.86. The molecule has 0 bridgehead atoms. The van der Waals surface area contributed by atoms with Crippen LogP contribution in [0.15, 0.2) is 42.5 Å². The zero-order valence-corrected chi connectivity index (χ0v) is 9.60. The van der Waals surface area contributed by atoms with Gasteiger partial charge in [-0.25, -0.2) is 4.39 Å². The second-order valence-electron chi connectivity index (χ2n) is 4.00. The number of benzene rings is 2. The smallest absolute Gasteiger partial charge is 0.146 e. The summed E-state index contributed by atoms with van der Waals surface area (Å²) in [7, 11) is 0. The lowest BCUT2D eigenvalue weighted by Crippen LogP contribution is -2.12. The largest absolute Gasteiger partial charge is 0.396 e. The first-order valence-corrected chi connectivity index (χ1v) is 5.42. The number of nitrogens with two attached hydrogens (primary N) is 2. The molecule has 3 nitrogen and oxygen atoms in total. The summed E-state index contributed by atoms with van der Waals surface area (Å²) in [6, 6.07) is 13.0. The molecule has 0 heterocycles. The van der Waals surface area contributed by atoms with Gasteiger partial charge in [-0.3, -0.25) is 0 Å². The van der Waals surface area contributed by atoms with E-state index in [1.165, 1.54) is 12.1 Å². The van der Waals surface area contributed by atoms with Crippen LogP contribution in [-0.2, 0) is 0 Å². The number of hydrogen-bond acceptors (Lipinski definition) is 3. The van der Waals surface area contributed by atoms with E-state index in [1.807, 2.05) is 6.07 Å². The highest BCUT2D eigenvalue weighted by molar-refractivity contribution is 5.46. The maximum absolute atomic E-state index is 13.1.